The van der Waals surface area contributed by atoms with E-state index in [1.807, 2.05) is 19.1 Å². The lowest BCUT2D eigenvalue weighted by molar-refractivity contribution is -0.00910. The van der Waals surface area contributed by atoms with Gasteiger partial charge in [0, 0.05) is 17.8 Å². The molecule has 0 aromatic heterocycles. The second-order valence-electron chi connectivity index (χ2n) is 5.81. The van der Waals surface area contributed by atoms with Crippen molar-refractivity contribution in [1.82, 2.24) is 0 Å². The van der Waals surface area contributed by atoms with E-state index in [0.717, 1.165) is 36.4 Å². The highest BCUT2D eigenvalue weighted by atomic mass is 35.5. The molecule has 112 valence electrons. The standard InChI is InChI=1S/C16H24ClNO2/c1-4-19-15-6-5-13(9-12(15)10-17)18-11-14-7-8-16(2,3)20-14/h5-6,9,14,18H,4,7-8,10-11H2,1-3H3. The number of halogens is 1. The molecular weight excluding hydrogens is 274 g/mol. The van der Waals surface area contributed by atoms with Gasteiger partial charge in [-0.1, -0.05) is 0 Å². The van der Waals surface area contributed by atoms with E-state index in [2.05, 4.69) is 25.2 Å². The van der Waals surface area contributed by atoms with Crippen LogP contribution in [-0.2, 0) is 10.6 Å². The Bertz CT molecular complexity index is 448. The van der Waals surface area contributed by atoms with Crippen LogP contribution >= 0.6 is 11.6 Å². The van der Waals surface area contributed by atoms with E-state index in [4.69, 9.17) is 21.1 Å². The summed E-state index contributed by atoms with van der Waals surface area (Å²) in [4.78, 5) is 0. The van der Waals surface area contributed by atoms with Gasteiger partial charge in [0.1, 0.15) is 5.75 Å². The normalized spacial score (nSPS) is 20.9. The predicted octanol–water partition coefficient (Wildman–Crippen LogP) is 4.19. The molecule has 0 radical (unpaired) electrons. The molecule has 3 nitrogen and oxygen atoms in total. The van der Waals surface area contributed by atoms with Crippen molar-refractivity contribution in [2.24, 2.45) is 0 Å². The van der Waals surface area contributed by atoms with Gasteiger partial charge in [0.2, 0.25) is 0 Å². The molecule has 1 aliphatic heterocycles. The smallest absolute Gasteiger partial charge is 0.123 e. The molecule has 2 rings (SSSR count). The Labute approximate surface area is 126 Å². The number of hydrogen-bond donors (Lipinski definition) is 1. The number of nitrogens with one attached hydrogen (secondary N) is 1. The molecular formula is C16H24ClNO2. The van der Waals surface area contributed by atoms with Gasteiger partial charge >= 0.3 is 0 Å². The molecule has 1 N–H and O–H groups in total. The monoisotopic (exact) mass is 297 g/mol. The molecule has 1 fully saturated rings. The maximum atomic E-state index is 5.98. The zero-order chi connectivity index (χ0) is 14.6. The van der Waals surface area contributed by atoms with Gasteiger partial charge in [-0.3, -0.25) is 0 Å². The summed E-state index contributed by atoms with van der Waals surface area (Å²) >= 11 is 5.97. The molecule has 1 aliphatic rings. The van der Waals surface area contributed by atoms with E-state index < -0.39 is 0 Å². The number of ether oxygens (including phenoxy) is 2. The van der Waals surface area contributed by atoms with Crippen LogP contribution in [0.25, 0.3) is 0 Å². The molecule has 1 unspecified atom stereocenters. The first-order valence-corrected chi connectivity index (χ1v) is 7.81. The highest BCUT2D eigenvalue weighted by Crippen LogP contribution is 2.30. The van der Waals surface area contributed by atoms with Gasteiger partial charge in [-0.25, -0.2) is 0 Å². The van der Waals surface area contributed by atoms with Gasteiger partial charge in [-0.15, -0.1) is 11.6 Å². The molecule has 0 bridgehead atoms. The molecule has 0 aliphatic carbocycles. The van der Waals surface area contributed by atoms with Crippen molar-refractivity contribution in [1.29, 1.82) is 0 Å². The Morgan fingerprint density at radius 1 is 1.45 bits per heavy atom. The van der Waals surface area contributed by atoms with Crippen molar-refractivity contribution in [2.45, 2.75) is 51.2 Å². The third-order valence-corrected chi connectivity index (χ3v) is 3.88. The fourth-order valence-electron chi connectivity index (χ4n) is 2.54. The van der Waals surface area contributed by atoms with Gasteiger partial charge in [-0.2, -0.15) is 0 Å². The average Bonchev–Trinajstić information content (AvgIpc) is 2.77. The summed E-state index contributed by atoms with van der Waals surface area (Å²) in [6.45, 7) is 7.76. The van der Waals surface area contributed by atoms with E-state index in [1.165, 1.54) is 0 Å². The van der Waals surface area contributed by atoms with Gasteiger partial charge in [0.15, 0.2) is 0 Å². The zero-order valence-electron chi connectivity index (χ0n) is 12.5. The number of anilines is 1. The van der Waals surface area contributed by atoms with Crippen LogP contribution in [0.15, 0.2) is 18.2 Å². The minimum absolute atomic E-state index is 0.0203. The van der Waals surface area contributed by atoms with E-state index in [-0.39, 0.29) is 11.7 Å². The number of rotatable bonds is 6. The van der Waals surface area contributed by atoms with E-state index in [1.54, 1.807) is 0 Å². The SMILES string of the molecule is CCOc1ccc(NCC2CCC(C)(C)O2)cc1CCl. The second-order valence-corrected chi connectivity index (χ2v) is 6.08. The minimum Gasteiger partial charge on any atom is -0.494 e. The Hall–Kier alpha value is -0.930. The molecule has 1 atom stereocenters. The molecule has 1 aromatic carbocycles. The van der Waals surface area contributed by atoms with Crippen LogP contribution < -0.4 is 10.1 Å². The maximum absolute atomic E-state index is 5.98. The lowest BCUT2D eigenvalue weighted by Gasteiger charge is -2.20. The molecule has 0 spiro atoms. The van der Waals surface area contributed by atoms with Crippen LogP contribution in [0.3, 0.4) is 0 Å². The highest BCUT2D eigenvalue weighted by Gasteiger charge is 2.31. The lowest BCUT2D eigenvalue weighted by Crippen LogP contribution is -2.24. The molecule has 1 aromatic rings. The van der Waals surface area contributed by atoms with E-state index in [0.29, 0.717) is 12.5 Å². The predicted molar refractivity (Wildman–Crippen MR) is 83.8 cm³/mol. The number of hydrogen-bond acceptors (Lipinski definition) is 3. The van der Waals surface area contributed by atoms with E-state index >= 15 is 0 Å². The first kappa shape index (κ1) is 15.5. The highest BCUT2D eigenvalue weighted by molar-refractivity contribution is 6.17. The van der Waals surface area contributed by atoms with Crippen LogP contribution in [0.2, 0.25) is 0 Å². The molecule has 0 saturated carbocycles. The van der Waals surface area contributed by atoms with Crippen LogP contribution in [0.5, 0.6) is 5.75 Å². The number of alkyl halides is 1. The summed E-state index contributed by atoms with van der Waals surface area (Å²) in [5.41, 5.74) is 2.11. The van der Waals surface area contributed by atoms with Crippen molar-refractivity contribution < 1.29 is 9.47 Å². The fourth-order valence-corrected chi connectivity index (χ4v) is 2.75. The molecule has 0 amide bonds. The molecule has 4 heteroatoms. The summed E-state index contributed by atoms with van der Waals surface area (Å²) in [5, 5.41) is 3.43. The third kappa shape index (κ3) is 4.03. The van der Waals surface area contributed by atoms with Crippen molar-refractivity contribution in [3.63, 3.8) is 0 Å². The van der Waals surface area contributed by atoms with Crippen molar-refractivity contribution in [2.75, 3.05) is 18.5 Å². The molecule has 20 heavy (non-hydrogen) atoms. The van der Waals surface area contributed by atoms with Crippen molar-refractivity contribution in [3.8, 4) is 5.75 Å². The number of benzene rings is 1. The van der Waals surface area contributed by atoms with Gasteiger partial charge in [0.05, 0.1) is 24.2 Å². The Kier molecular flexibility index (Phi) is 5.17. The first-order chi connectivity index (χ1) is 9.54. The van der Waals surface area contributed by atoms with Crippen LogP contribution in [0.4, 0.5) is 5.69 Å². The maximum Gasteiger partial charge on any atom is 0.123 e. The summed E-state index contributed by atoms with van der Waals surface area (Å²) in [6, 6.07) is 6.06. The summed E-state index contributed by atoms with van der Waals surface area (Å²) in [5.74, 6) is 1.32. The van der Waals surface area contributed by atoms with Crippen LogP contribution in [0, 0.1) is 0 Å². The first-order valence-electron chi connectivity index (χ1n) is 7.27. The van der Waals surface area contributed by atoms with Gasteiger partial charge in [-0.05, 0) is 51.8 Å². The Morgan fingerprint density at radius 2 is 2.25 bits per heavy atom. The van der Waals surface area contributed by atoms with Crippen molar-refractivity contribution in [3.05, 3.63) is 23.8 Å². The summed E-state index contributed by atoms with van der Waals surface area (Å²) < 4.78 is 11.5. The van der Waals surface area contributed by atoms with Crippen LogP contribution in [-0.4, -0.2) is 24.9 Å². The topological polar surface area (TPSA) is 30.5 Å². The lowest BCUT2D eigenvalue weighted by atomic mass is 10.1. The molecule has 1 saturated heterocycles. The largest absolute Gasteiger partial charge is 0.494 e. The summed E-state index contributed by atoms with van der Waals surface area (Å²) in [6.07, 6.45) is 2.52. The van der Waals surface area contributed by atoms with Crippen molar-refractivity contribution >= 4 is 17.3 Å². The summed E-state index contributed by atoms with van der Waals surface area (Å²) in [7, 11) is 0. The average molecular weight is 298 g/mol. The third-order valence-electron chi connectivity index (χ3n) is 3.59. The second kappa shape index (κ2) is 6.68. The van der Waals surface area contributed by atoms with Crippen LogP contribution in [0.1, 0.15) is 39.2 Å². The Morgan fingerprint density at radius 3 is 2.85 bits per heavy atom. The van der Waals surface area contributed by atoms with Gasteiger partial charge < -0.3 is 14.8 Å². The zero-order valence-corrected chi connectivity index (χ0v) is 13.3. The fraction of sp³-hybridized carbons (Fsp3) is 0.625. The Balaban J connectivity index is 1.93. The molecule has 1 heterocycles. The van der Waals surface area contributed by atoms with Gasteiger partial charge in [0.25, 0.3) is 0 Å². The van der Waals surface area contributed by atoms with E-state index in [9.17, 15) is 0 Å². The minimum atomic E-state index is 0.0203. The quantitative estimate of drug-likeness (QED) is 0.799.